The van der Waals surface area contributed by atoms with E-state index < -0.39 is 0 Å². The number of carbonyl (C=O) groups excluding carboxylic acids is 1. The number of nitriles is 1. The SMILES string of the molecule is N#Cc1ccc(-c2ccc3nc(N(Cc4ccccc4)Cc4ccccc4)cc(C(=O)N4CCC[C@H]4CN4CCCC4)c3c2)cc1. The predicted molar refractivity (Wildman–Crippen MR) is 184 cm³/mol. The molecule has 0 bridgehead atoms. The molecule has 1 aromatic heterocycles. The van der Waals surface area contributed by atoms with E-state index in [-0.39, 0.29) is 11.9 Å². The van der Waals surface area contributed by atoms with Crippen molar-refractivity contribution >= 4 is 22.6 Å². The first-order valence-electron chi connectivity index (χ1n) is 16.5. The summed E-state index contributed by atoms with van der Waals surface area (Å²) in [5.74, 6) is 0.886. The van der Waals surface area contributed by atoms with E-state index >= 15 is 0 Å². The summed E-state index contributed by atoms with van der Waals surface area (Å²) in [5, 5.41) is 10.2. The minimum atomic E-state index is 0.0895. The fourth-order valence-electron chi connectivity index (χ4n) is 7.00. The molecule has 230 valence electrons. The number of benzene rings is 4. The Morgan fingerprint density at radius 1 is 0.783 bits per heavy atom. The highest BCUT2D eigenvalue weighted by molar-refractivity contribution is 6.08. The zero-order valence-electron chi connectivity index (χ0n) is 26.2. The molecule has 2 saturated heterocycles. The molecule has 0 radical (unpaired) electrons. The van der Waals surface area contributed by atoms with Crippen molar-refractivity contribution in [2.24, 2.45) is 0 Å². The maximum atomic E-state index is 14.7. The van der Waals surface area contributed by atoms with E-state index in [1.54, 1.807) is 0 Å². The normalized spacial score (nSPS) is 16.5. The van der Waals surface area contributed by atoms with Crippen LogP contribution < -0.4 is 4.90 Å². The average molecular weight is 606 g/mol. The minimum Gasteiger partial charge on any atom is -0.348 e. The summed E-state index contributed by atoms with van der Waals surface area (Å²) in [6, 6.07) is 39.2. The summed E-state index contributed by atoms with van der Waals surface area (Å²) >= 11 is 0. The molecule has 0 unspecified atom stereocenters. The molecule has 0 aliphatic carbocycles. The number of rotatable bonds is 9. The topological polar surface area (TPSA) is 63.5 Å². The van der Waals surface area contributed by atoms with Crippen LogP contribution in [-0.2, 0) is 13.1 Å². The molecule has 4 aromatic carbocycles. The summed E-state index contributed by atoms with van der Waals surface area (Å²) in [6.07, 6.45) is 4.57. The molecule has 1 atom stereocenters. The van der Waals surface area contributed by atoms with Gasteiger partial charge in [-0.1, -0.05) is 78.9 Å². The summed E-state index contributed by atoms with van der Waals surface area (Å²) in [6.45, 7) is 5.33. The lowest BCUT2D eigenvalue weighted by atomic mass is 9.99. The van der Waals surface area contributed by atoms with Crippen LogP contribution in [0, 0.1) is 11.3 Å². The van der Waals surface area contributed by atoms with Crippen molar-refractivity contribution in [1.82, 2.24) is 14.8 Å². The van der Waals surface area contributed by atoms with Crippen molar-refractivity contribution in [3.05, 3.63) is 131 Å². The van der Waals surface area contributed by atoms with Crippen LogP contribution in [0.5, 0.6) is 0 Å². The molecule has 0 saturated carbocycles. The van der Waals surface area contributed by atoms with E-state index in [1.807, 2.05) is 48.5 Å². The number of likely N-dealkylation sites (tertiary alicyclic amines) is 2. The molecular formula is C40H39N5O. The summed E-state index contributed by atoms with van der Waals surface area (Å²) in [5.41, 5.74) is 6.52. The molecular weight excluding hydrogens is 566 g/mol. The van der Waals surface area contributed by atoms with Gasteiger partial charge in [-0.2, -0.15) is 5.26 Å². The number of anilines is 1. The van der Waals surface area contributed by atoms with Crippen LogP contribution in [0.4, 0.5) is 5.82 Å². The first kappa shape index (κ1) is 29.7. The quantitative estimate of drug-likeness (QED) is 0.172. The Labute approximate surface area is 271 Å². The van der Waals surface area contributed by atoms with Gasteiger partial charge in [0.25, 0.3) is 5.91 Å². The smallest absolute Gasteiger partial charge is 0.254 e. The third-order valence-electron chi connectivity index (χ3n) is 9.44. The lowest BCUT2D eigenvalue weighted by molar-refractivity contribution is 0.0710. The standard InChI is InChI=1S/C40H39N5O/c41-26-30-15-17-33(18-16-30)34-19-20-38-36(24-34)37(40(46)45-23-9-14-35(45)29-43-21-7-8-22-43)25-39(42-38)44(27-31-10-3-1-4-11-31)28-32-12-5-2-6-13-32/h1-6,10-13,15-20,24-25,35H,7-9,14,21-23,27-29H2/t35-/m0/s1. The van der Waals surface area contributed by atoms with Crippen molar-refractivity contribution in [1.29, 1.82) is 5.26 Å². The number of hydrogen-bond donors (Lipinski definition) is 0. The highest BCUT2D eigenvalue weighted by Crippen LogP contribution is 2.32. The van der Waals surface area contributed by atoms with E-state index in [4.69, 9.17) is 4.98 Å². The molecule has 7 rings (SSSR count). The number of amides is 1. The molecule has 6 heteroatoms. The summed E-state index contributed by atoms with van der Waals surface area (Å²) in [7, 11) is 0. The maximum absolute atomic E-state index is 14.7. The van der Waals surface area contributed by atoms with E-state index in [1.165, 1.54) is 24.0 Å². The lowest BCUT2D eigenvalue weighted by Crippen LogP contribution is -2.42. The van der Waals surface area contributed by atoms with Crippen LogP contribution in [0.15, 0.2) is 109 Å². The van der Waals surface area contributed by atoms with Gasteiger partial charge in [0.1, 0.15) is 5.82 Å². The Hall–Kier alpha value is -4.99. The fraction of sp³-hybridized carbons (Fsp3) is 0.275. The molecule has 3 heterocycles. The van der Waals surface area contributed by atoms with Crippen LogP contribution >= 0.6 is 0 Å². The van der Waals surface area contributed by atoms with Crippen LogP contribution in [-0.4, -0.2) is 52.9 Å². The minimum absolute atomic E-state index is 0.0895. The van der Waals surface area contributed by atoms with Gasteiger partial charge in [0.05, 0.1) is 22.7 Å². The molecule has 6 nitrogen and oxygen atoms in total. The van der Waals surface area contributed by atoms with E-state index in [9.17, 15) is 10.1 Å². The Morgan fingerprint density at radius 3 is 2.09 bits per heavy atom. The molecule has 1 amide bonds. The molecule has 5 aromatic rings. The Balaban J connectivity index is 1.32. The number of hydrogen-bond acceptors (Lipinski definition) is 5. The summed E-state index contributed by atoms with van der Waals surface area (Å²) in [4.78, 5) is 26.8. The predicted octanol–water partition coefficient (Wildman–Crippen LogP) is 7.68. The van der Waals surface area contributed by atoms with Gasteiger partial charge in [-0.05, 0) is 91.4 Å². The second-order valence-electron chi connectivity index (χ2n) is 12.6. The fourth-order valence-corrected chi connectivity index (χ4v) is 7.00. The van der Waals surface area contributed by atoms with Gasteiger partial charge in [0.15, 0.2) is 0 Å². The zero-order chi connectivity index (χ0) is 31.3. The number of aromatic nitrogens is 1. The lowest BCUT2D eigenvalue weighted by Gasteiger charge is -2.30. The van der Waals surface area contributed by atoms with Crippen molar-refractivity contribution in [2.45, 2.75) is 44.8 Å². The third kappa shape index (κ3) is 6.51. The molecule has 2 aliphatic heterocycles. The molecule has 2 fully saturated rings. The van der Waals surface area contributed by atoms with Gasteiger partial charge in [-0.3, -0.25) is 4.79 Å². The van der Waals surface area contributed by atoms with Crippen LogP contribution in [0.3, 0.4) is 0 Å². The second-order valence-corrected chi connectivity index (χ2v) is 12.6. The number of fused-ring (bicyclic) bond motifs is 1. The monoisotopic (exact) mass is 605 g/mol. The first-order chi connectivity index (χ1) is 22.6. The number of carbonyl (C=O) groups is 1. The molecule has 0 N–H and O–H groups in total. The maximum Gasteiger partial charge on any atom is 0.254 e. The first-order valence-corrected chi connectivity index (χ1v) is 16.5. The van der Waals surface area contributed by atoms with Gasteiger partial charge in [-0.15, -0.1) is 0 Å². The Bertz CT molecular complexity index is 1800. The van der Waals surface area contributed by atoms with Crippen molar-refractivity contribution in [3.8, 4) is 17.2 Å². The Kier molecular flexibility index (Phi) is 8.76. The van der Waals surface area contributed by atoms with Crippen molar-refractivity contribution in [2.75, 3.05) is 31.1 Å². The van der Waals surface area contributed by atoms with E-state index in [0.29, 0.717) is 24.2 Å². The van der Waals surface area contributed by atoms with Crippen LogP contribution in [0.25, 0.3) is 22.0 Å². The second kappa shape index (κ2) is 13.6. The molecule has 0 spiro atoms. The average Bonchev–Trinajstić information content (AvgIpc) is 3.81. The van der Waals surface area contributed by atoms with Crippen molar-refractivity contribution in [3.63, 3.8) is 0 Å². The van der Waals surface area contributed by atoms with Gasteiger partial charge < -0.3 is 14.7 Å². The number of pyridine rings is 1. The Morgan fingerprint density at radius 2 is 1.43 bits per heavy atom. The summed E-state index contributed by atoms with van der Waals surface area (Å²) < 4.78 is 0. The van der Waals surface area contributed by atoms with Gasteiger partial charge in [0, 0.05) is 37.6 Å². The zero-order valence-corrected chi connectivity index (χ0v) is 26.2. The van der Waals surface area contributed by atoms with E-state index in [0.717, 1.165) is 66.9 Å². The number of nitrogens with zero attached hydrogens (tertiary/aromatic N) is 5. The van der Waals surface area contributed by atoms with Crippen molar-refractivity contribution < 1.29 is 4.79 Å². The van der Waals surface area contributed by atoms with Crippen LogP contribution in [0.1, 0.15) is 52.7 Å². The van der Waals surface area contributed by atoms with Gasteiger partial charge in [-0.25, -0.2) is 4.98 Å². The highest BCUT2D eigenvalue weighted by atomic mass is 16.2. The van der Waals surface area contributed by atoms with Gasteiger partial charge >= 0.3 is 0 Å². The highest BCUT2D eigenvalue weighted by Gasteiger charge is 2.33. The van der Waals surface area contributed by atoms with E-state index in [2.05, 4.69) is 81.4 Å². The molecule has 46 heavy (non-hydrogen) atoms. The third-order valence-corrected chi connectivity index (χ3v) is 9.44. The molecule has 2 aliphatic rings. The van der Waals surface area contributed by atoms with Crippen LogP contribution in [0.2, 0.25) is 0 Å². The largest absolute Gasteiger partial charge is 0.348 e. The van der Waals surface area contributed by atoms with Gasteiger partial charge in [0.2, 0.25) is 0 Å².